The van der Waals surface area contributed by atoms with E-state index in [4.69, 9.17) is 0 Å². The molecule has 0 unspecified atom stereocenters. The Morgan fingerprint density at radius 2 is 2.00 bits per heavy atom. The zero-order valence-corrected chi connectivity index (χ0v) is 13.1. The Morgan fingerprint density at radius 3 is 2.76 bits per heavy atom. The van der Waals surface area contributed by atoms with E-state index in [0.29, 0.717) is 11.5 Å². The van der Waals surface area contributed by atoms with Crippen molar-refractivity contribution in [2.75, 3.05) is 12.4 Å². The van der Waals surface area contributed by atoms with Crippen LogP contribution in [0.2, 0.25) is 0 Å². The van der Waals surface area contributed by atoms with Crippen molar-refractivity contribution < 1.29 is 4.39 Å². The Kier molecular flexibility index (Phi) is 3.55. The first-order valence-corrected chi connectivity index (χ1v) is 7.16. The number of benzene rings is 1. The number of pyridine rings is 1. The molecule has 2 aromatic heterocycles. The summed E-state index contributed by atoms with van der Waals surface area (Å²) >= 11 is 3.50. The summed E-state index contributed by atoms with van der Waals surface area (Å²) in [6.07, 6.45) is 1.72. The monoisotopic (exact) mass is 346 g/mol. The van der Waals surface area contributed by atoms with Crippen LogP contribution in [0.5, 0.6) is 0 Å². The van der Waals surface area contributed by atoms with Crippen LogP contribution < -0.4 is 5.32 Å². The molecule has 0 saturated heterocycles. The Labute approximate surface area is 129 Å². The molecular weight excluding hydrogens is 335 g/mol. The summed E-state index contributed by atoms with van der Waals surface area (Å²) in [6.45, 7) is 1.62. The zero-order valence-electron chi connectivity index (χ0n) is 11.5. The van der Waals surface area contributed by atoms with Crippen molar-refractivity contribution in [3.05, 3.63) is 46.4 Å². The summed E-state index contributed by atoms with van der Waals surface area (Å²) in [5.74, 6) is 0.203. The fourth-order valence-electron chi connectivity index (χ4n) is 2.16. The molecule has 4 nitrogen and oxygen atoms in total. The van der Waals surface area contributed by atoms with Gasteiger partial charge in [0, 0.05) is 28.7 Å². The molecule has 106 valence electrons. The van der Waals surface area contributed by atoms with Gasteiger partial charge in [-0.1, -0.05) is 22.0 Å². The molecule has 0 fully saturated rings. The van der Waals surface area contributed by atoms with Crippen LogP contribution in [0.15, 0.2) is 34.9 Å². The van der Waals surface area contributed by atoms with E-state index in [0.717, 1.165) is 20.9 Å². The second-order valence-electron chi connectivity index (χ2n) is 4.54. The standard InChI is InChI=1S/C15H12BrFN4/c1-8-12(17)15(18-2)21-14(20-8)10-5-6-11(16)9-4-3-7-19-13(9)10/h3-7H,1-2H3,(H,18,20,21). The van der Waals surface area contributed by atoms with E-state index < -0.39 is 5.82 Å². The fraction of sp³-hybridized carbons (Fsp3) is 0.133. The molecule has 2 heterocycles. The second-order valence-corrected chi connectivity index (χ2v) is 5.39. The maximum atomic E-state index is 13.9. The summed E-state index contributed by atoms with van der Waals surface area (Å²) in [5, 5.41) is 3.71. The second kappa shape index (κ2) is 5.37. The molecule has 6 heteroatoms. The summed E-state index contributed by atoms with van der Waals surface area (Å²) in [4.78, 5) is 12.9. The summed E-state index contributed by atoms with van der Waals surface area (Å²) in [7, 11) is 1.63. The minimum atomic E-state index is -0.435. The molecule has 0 bridgehead atoms. The molecule has 0 aliphatic heterocycles. The first-order chi connectivity index (χ1) is 10.1. The van der Waals surface area contributed by atoms with Crippen LogP contribution in [0.3, 0.4) is 0 Å². The lowest BCUT2D eigenvalue weighted by molar-refractivity contribution is 0.607. The van der Waals surface area contributed by atoms with Crippen molar-refractivity contribution in [1.29, 1.82) is 0 Å². The lowest BCUT2D eigenvalue weighted by atomic mass is 10.1. The van der Waals surface area contributed by atoms with Gasteiger partial charge in [0.1, 0.15) is 0 Å². The Morgan fingerprint density at radius 1 is 1.19 bits per heavy atom. The number of halogens is 2. The third-order valence-electron chi connectivity index (χ3n) is 3.21. The number of fused-ring (bicyclic) bond motifs is 1. The molecule has 0 spiro atoms. The highest BCUT2D eigenvalue weighted by Crippen LogP contribution is 2.31. The first kappa shape index (κ1) is 13.9. The van der Waals surface area contributed by atoms with Crippen molar-refractivity contribution in [3.63, 3.8) is 0 Å². The predicted molar refractivity (Wildman–Crippen MR) is 84.7 cm³/mol. The van der Waals surface area contributed by atoms with Gasteiger partial charge in [-0.15, -0.1) is 0 Å². The van der Waals surface area contributed by atoms with Gasteiger partial charge in [0.25, 0.3) is 0 Å². The molecule has 21 heavy (non-hydrogen) atoms. The average molecular weight is 347 g/mol. The molecule has 0 saturated carbocycles. The van der Waals surface area contributed by atoms with Gasteiger partial charge in [0.2, 0.25) is 0 Å². The quantitative estimate of drug-likeness (QED) is 0.763. The van der Waals surface area contributed by atoms with E-state index in [-0.39, 0.29) is 5.82 Å². The SMILES string of the molecule is CNc1nc(-c2ccc(Br)c3cccnc23)nc(C)c1F. The highest BCUT2D eigenvalue weighted by atomic mass is 79.9. The number of aryl methyl sites for hydroxylation is 1. The number of hydrogen-bond acceptors (Lipinski definition) is 4. The molecule has 1 N–H and O–H groups in total. The molecule has 3 aromatic rings. The Bertz CT molecular complexity index is 835. The van der Waals surface area contributed by atoms with Gasteiger partial charge < -0.3 is 5.32 Å². The van der Waals surface area contributed by atoms with Crippen LogP contribution in [-0.2, 0) is 0 Å². The first-order valence-electron chi connectivity index (χ1n) is 6.37. The van der Waals surface area contributed by atoms with Gasteiger partial charge in [-0.25, -0.2) is 14.4 Å². The fourth-order valence-corrected chi connectivity index (χ4v) is 2.62. The van der Waals surface area contributed by atoms with Gasteiger partial charge in [-0.2, -0.15) is 0 Å². The molecule has 0 atom stereocenters. The van der Waals surface area contributed by atoms with Gasteiger partial charge in [0.15, 0.2) is 17.5 Å². The van der Waals surface area contributed by atoms with E-state index in [2.05, 4.69) is 36.2 Å². The number of hydrogen-bond donors (Lipinski definition) is 1. The number of nitrogens with zero attached hydrogens (tertiary/aromatic N) is 3. The maximum absolute atomic E-state index is 13.9. The summed E-state index contributed by atoms with van der Waals surface area (Å²) in [5.41, 5.74) is 1.85. The summed E-state index contributed by atoms with van der Waals surface area (Å²) in [6, 6.07) is 7.63. The lowest BCUT2D eigenvalue weighted by Crippen LogP contribution is -2.04. The van der Waals surface area contributed by atoms with Crippen LogP contribution in [0.25, 0.3) is 22.3 Å². The normalized spacial score (nSPS) is 10.9. The molecule has 0 aliphatic rings. The molecule has 3 rings (SSSR count). The third-order valence-corrected chi connectivity index (χ3v) is 3.90. The molecular formula is C15H12BrFN4. The molecule has 1 aromatic carbocycles. The summed E-state index contributed by atoms with van der Waals surface area (Å²) < 4.78 is 14.8. The number of rotatable bonds is 2. The minimum Gasteiger partial charge on any atom is -0.371 e. The van der Waals surface area contributed by atoms with Crippen LogP contribution in [0.1, 0.15) is 5.69 Å². The predicted octanol–water partition coefficient (Wildman–Crippen LogP) is 3.94. The maximum Gasteiger partial charge on any atom is 0.186 e. The molecule has 0 amide bonds. The third kappa shape index (κ3) is 2.35. The van der Waals surface area contributed by atoms with Gasteiger partial charge in [0.05, 0.1) is 11.2 Å². The van der Waals surface area contributed by atoms with Crippen molar-refractivity contribution in [1.82, 2.24) is 15.0 Å². The number of nitrogens with one attached hydrogen (secondary N) is 1. The van der Waals surface area contributed by atoms with Gasteiger partial charge >= 0.3 is 0 Å². The number of anilines is 1. The van der Waals surface area contributed by atoms with Crippen molar-refractivity contribution in [3.8, 4) is 11.4 Å². The highest BCUT2D eigenvalue weighted by molar-refractivity contribution is 9.10. The van der Waals surface area contributed by atoms with E-state index in [9.17, 15) is 4.39 Å². The molecule has 0 aliphatic carbocycles. The van der Waals surface area contributed by atoms with E-state index in [1.54, 1.807) is 20.2 Å². The Balaban J connectivity index is 2.31. The van der Waals surface area contributed by atoms with Crippen LogP contribution >= 0.6 is 15.9 Å². The van der Waals surface area contributed by atoms with Crippen LogP contribution in [-0.4, -0.2) is 22.0 Å². The van der Waals surface area contributed by atoms with Crippen molar-refractivity contribution >= 4 is 32.7 Å². The minimum absolute atomic E-state index is 0.185. The smallest absolute Gasteiger partial charge is 0.186 e. The van der Waals surface area contributed by atoms with Crippen LogP contribution in [0, 0.1) is 12.7 Å². The van der Waals surface area contributed by atoms with Crippen molar-refractivity contribution in [2.24, 2.45) is 0 Å². The topological polar surface area (TPSA) is 50.7 Å². The average Bonchev–Trinajstić information content (AvgIpc) is 2.51. The van der Waals surface area contributed by atoms with Crippen LogP contribution in [0.4, 0.5) is 10.2 Å². The van der Waals surface area contributed by atoms with E-state index in [1.165, 1.54) is 0 Å². The van der Waals surface area contributed by atoms with Gasteiger partial charge in [-0.3, -0.25) is 4.98 Å². The lowest BCUT2D eigenvalue weighted by Gasteiger charge is -2.10. The van der Waals surface area contributed by atoms with Crippen molar-refractivity contribution in [2.45, 2.75) is 6.92 Å². The highest BCUT2D eigenvalue weighted by Gasteiger charge is 2.15. The zero-order chi connectivity index (χ0) is 15.0. The van der Waals surface area contributed by atoms with E-state index in [1.807, 2.05) is 24.3 Å². The van der Waals surface area contributed by atoms with E-state index >= 15 is 0 Å². The number of aromatic nitrogens is 3. The molecule has 0 radical (unpaired) electrons. The Hall–Kier alpha value is -2.08. The largest absolute Gasteiger partial charge is 0.371 e. The van der Waals surface area contributed by atoms with Gasteiger partial charge in [-0.05, 0) is 25.1 Å².